The van der Waals surface area contributed by atoms with E-state index in [9.17, 15) is 73.8 Å². The van der Waals surface area contributed by atoms with Crippen LogP contribution >= 0.6 is 15.6 Å². The second kappa shape index (κ2) is 32.9. The summed E-state index contributed by atoms with van der Waals surface area (Å²) >= 11 is 0. The van der Waals surface area contributed by atoms with Gasteiger partial charge in [0.1, 0.15) is 36.0 Å². The fraction of sp³-hybridized carbons (Fsp3) is 0.920. The SMILES string of the molecule is CC(C)OC[C@@H]1C[C@@H](OP(=O)(O)OC[C@@H]2C[C@@H](OP(=O)(O)OC[C@@H]3C[C@@H](O)CN3C(=O)CCCCC(=O)CCCO[C@@H]3OC(CO)[C@H](O)[C@H](O)C3C)CN2C(=O)CCCCC(=O)CCCO[C@@H]2OC(CO)[C@H](O)[C@H](O)C2C)CN1. The monoisotopic (exact) mass is 1180 g/mol. The summed E-state index contributed by atoms with van der Waals surface area (Å²) < 4.78 is 76.6. The van der Waals surface area contributed by atoms with E-state index < -0.39 is 139 Å². The summed E-state index contributed by atoms with van der Waals surface area (Å²) in [5.74, 6) is -2.06. The molecule has 5 aliphatic heterocycles. The Morgan fingerprint density at radius 3 is 1.52 bits per heavy atom. The molecule has 5 rings (SSSR count). The van der Waals surface area contributed by atoms with Crippen molar-refractivity contribution in [3.05, 3.63) is 0 Å². The van der Waals surface area contributed by atoms with Crippen LogP contribution in [0.3, 0.4) is 0 Å². The Morgan fingerprint density at radius 2 is 1.04 bits per heavy atom. The number of ether oxygens (including phenoxy) is 5. The van der Waals surface area contributed by atoms with E-state index >= 15 is 0 Å². The number of nitrogens with one attached hydrogen (secondary N) is 1. The molecule has 0 aromatic carbocycles. The van der Waals surface area contributed by atoms with Gasteiger partial charge in [0, 0.05) is 76.0 Å². The number of phosphoric ester groups is 2. The van der Waals surface area contributed by atoms with Gasteiger partial charge in [0.15, 0.2) is 12.6 Å². The number of rotatable bonds is 35. The van der Waals surface area contributed by atoms with E-state index in [0.717, 1.165) is 0 Å². The van der Waals surface area contributed by atoms with Gasteiger partial charge in [0.05, 0.1) is 95.0 Å². The number of likely N-dealkylation sites (tertiary alicyclic amines) is 2. The summed E-state index contributed by atoms with van der Waals surface area (Å²) in [5.41, 5.74) is 0. The van der Waals surface area contributed by atoms with Crippen molar-refractivity contribution in [3.63, 3.8) is 0 Å². The van der Waals surface area contributed by atoms with Gasteiger partial charge in [-0.25, -0.2) is 9.13 Å². The number of amides is 2. The summed E-state index contributed by atoms with van der Waals surface area (Å²) in [7, 11) is -9.58. The molecule has 458 valence electrons. The van der Waals surface area contributed by atoms with Crippen LogP contribution in [0.4, 0.5) is 0 Å². The molecule has 0 spiro atoms. The van der Waals surface area contributed by atoms with Gasteiger partial charge >= 0.3 is 15.6 Å². The van der Waals surface area contributed by atoms with Gasteiger partial charge in [-0.05, 0) is 71.6 Å². The lowest BCUT2D eigenvalue weighted by atomic mass is 9.92. The Kier molecular flexibility index (Phi) is 28.2. The maximum absolute atomic E-state index is 13.7. The number of Topliss-reactive ketones (excluding diaryl/α,β-unsaturated/α-hetero) is 2. The molecule has 2 amide bonds. The zero-order valence-corrected chi connectivity index (χ0v) is 47.7. The average Bonchev–Trinajstić information content (AvgIpc) is 4.16. The third-order valence-electron chi connectivity index (χ3n) is 15.0. The predicted octanol–water partition coefficient (Wildman–Crippen LogP) is 0.343. The summed E-state index contributed by atoms with van der Waals surface area (Å²) in [5, 5.41) is 73.1. The lowest BCUT2D eigenvalue weighted by molar-refractivity contribution is -0.282. The third-order valence-corrected chi connectivity index (χ3v) is 17.1. The second-order valence-electron chi connectivity index (χ2n) is 21.8. The van der Waals surface area contributed by atoms with Crippen molar-refractivity contribution in [1.29, 1.82) is 0 Å². The Labute approximate surface area is 462 Å². The van der Waals surface area contributed by atoms with Crippen molar-refractivity contribution in [3.8, 4) is 0 Å². The van der Waals surface area contributed by atoms with Crippen LogP contribution in [0.2, 0.25) is 0 Å². The number of aliphatic hydroxyl groups is 7. The normalized spacial score (nSPS) is 33.8. The number of β-amino-alcohol motifs (C(OH)–C–C–N with tert-alkyl or cyclic N) is 1. The number of nitrogens with zero attached hydrogens (tertiary/aromatic N) is 2. The average molecular weight is 1180 g/mol. The number of carbonyl (C=O) groups is 4. The molecule has 5 saturated heterocycles. The number of hydrogen-bond donors (Lipinski definition) is 10. The standard InChI is InChI=1S/C50H89N3O24P2/c1-30(2)71-27-33-19-39(22-51-33)76-78(65,66)73-29-35-21-40(24-53(35)44(60)16-8-6-12-37(57)14-10-18-70-50-32(4)46(62)48(64)42(26-55)75-50)77-79(67,68)72-28-34-20-38(58)23-52(34)43(59)15-7-5-11-36(56)13-9-17-69-49-31(3)45(61)47(63)41(25-54)74-49/h30-35,38-42,45-51,54-55,58,61-64H,5-29H2,1-4H3,(H,65,66)(H,67,68)/t31?,32?,33-,34-,35-,38+,39+,40+,41?,42?,45+,46+,47-,48-,49+,50+/m0/s1. The second-order valence-corrected chi connectivity index (χ2v) is 24.6. The molecular weight excluding hydrogens is 1090 g/mol. The number of hydrogen-bond acceptors (Lipinski definition) is 23. The molecule has 0 aromatic rings. The highest BCUT2D eigenvalue weighted by Gasteiger charge is 2.45. The molecule has 0 radical (unpaired) electrons. The van der Waals surface area contributed by atoms with Crippen LogP contribution in [0.5, 0.6) is 0 Å². The van der Waals surface area contributed by atoms with E-state index in [1.54, 1.807) is 13.8 Å². The van der Waals surface area contributed by atoms with Gasteiger partial charge in [-0.1, -0.05) is 13.8 Å². The maximum Gasteiger partial charge on any atom is 0.472 e. The quantitative estimate of drug-likeness (QED) is 0.0302. The number of unbranched alkanes of at least 4 members (excludes halogenated alkanes) is 2. The molecule has 5 fully saturated rings. The maximum atomic E-state index is 13.7. The number of ketones is 2. The first-order valence-electron chi connectivity index (χ1n) is 27.9. The van der Waals surface area contributed by atoms with Gasteiger partial charge in [0.25, 0.3) is 0 Å². The first-order chi connectivity index (χ1) is 37.4. The summed E-state index contributed by atoms with van der Waals surface area (Å²) in [6.07, 6.45) is -8.18. The minimum atomic E-state index is -4.90. The van der Waals surface area contributed by atoms with E-state index in [1.165, 1.54) is 9.80 Å². The van der Waals surface area contributed by atoms with Crippen LogP contribution in [0, 0.1) is 11.8 Å². The largest absolute Gasteiger partial charge is 0.472 e. The molecular formula is C50H89N3O24P2. The van der Waals surface area contributed by atoms with Gasteiger partial charge in [-0.15, -0.1) is 0 Å². The summed E-state index contributed by atoms with van der Waals surface area (Å²) in [4.78, 5) is 76.7. The minimum Gasteiger partial charge on any atom is -0.394 e. The highest BCUT2D eigenvalue weighted by Crippen LogP contribution is 2.49. The lowest BCUT2D eigenvalue weighted by Crippen LogP contribution is -2.55. The number of aliphatic hydroxyl groups excluding tert-OH is 7. The molecule has 10 N–H and O–H groups in total. The number of phosphoric acid groups is 2. The lowest BCUT2D eigenvalue weighted by Gasteiger charge is -2.40. The van der Waals surface area contributed by atoms with Crippen LogP contribution in [-0.4, -0.2) is 236 Å². The van der Waals surface area contributed by atoms with Gasteiger partial charge < -0.3 is 84.3 Å². The first kappa shape index (κ1) is 67.8. The smallest absolute Gasteiger partial charge is 0.394 e. The molecule has 5 heterocycles. The zero-order valence-electron chi connectivity index (χ0n) is 45.9. The van der Waals surface area contributed by atoms with Crippen LogP contribution in [0.25, 0.3) is 0 Å². The molecule has 0 aliphatic carbocycles. The van der Waals surface area contributed by atoms with Gasteiger partial charge in [-0.3, -0.25) is 37.3 Å². The molecule has 5 aliphatic rings. The summed E-state index contributed by atoms with van der Waals surface area (Å²) in [6, 6.07) is -1.81. The van der Waals surface area contributed by atoms with Crippen molar-refractivity contribution in [2.45, 2.75) is 216 Å². The molecule has 29 heteroatoms. The van der Waals surface area contributed by atoms with Gasteiger partial charge in [0.2, 0.25) is 11.8 Å². The third kappa shape index (κ3) is 21.8. The first-order valence-corrected chi connectivity index (χ1v) is 30.8. The fourth-order valence-electron chi connectivity index (χ4n) is 10.4. The van der Waals surface area contributed by atoms with E-state index in [4.69, 9.17) is 41.8 Å². The molecule has 79 heavy (non-hydrogen) atoms. The zero-order chi connectivity index (χ0) is 58.0. The van der Waals surface area contributed by atoms with E-state index in [2.05, 4.69) is 5.32 Å². The highest BCUT2D eigenvalue weighted by atomic mass is 31.2. The van der Waals surface area contributed by atoms with E-state index in [1.807, 2.05) is 13.8 Å². The van der Waals surface area contributed by atoms with Gasteiger partial charge in [-0.2, -0.15) is 0 Å². The topological polar surface area (TPSA) is 386 Å². The predicted molar refractivity (Wildman–Crippen MR) is 276 cm³/mol. The molecule has 27 nitrogen and oxygen atoms in total. The van der Waals surface area contributed by atoms with Crippen LogP contribution < -0.4 is 5.32 Å². The minimum absolute atomic E-state index is 0.0119. The Hall–Kier alpha value is -2.02. The van der Waals surface area contributed by atoms with Crippen molar-refractivity contribution < 1.29 is 116 Å². The van der Waals surface area contributed by atoms with Crippen molar-refractivity contribution in [2.75, 3.05) is 65.9 Å². The molecule has 0 bridgehead atoms. The number of carbonyl (C=O) groups excluding carboxylic acids is 4. The molecule has 6 unspecified atom stereocenters. The highest BCUT2D eigenvalue weighted by molar-refractivity contribution is 7.47. The molecule has 18 atom stereocenters. The van der Waals surface area contributed by atoms with Crippen LogP contribution in [0.1, 0.15) is 124 Å². The van der Waals surface area contributed by atoms with Crippen LogP contribution in [0.15, 0.2) is 0 Å². The Morgan fingerprint density at radius 1 is 0.595 bits per heavy atom. The fourth-order valence-corrected chi connectivity index (χ4v) is 12.3. The summed E-state index contributed by atoms with van der Waals surface area (Å²) in [6.45, 7) is 5.71. The Balaban J connectivity index is 1.05. The van der Waals surface area contributed by atoms with Crippen molar-refractivity contribution >= 4 is 39.0 Å². The Bertz CT molecular complexity index is 1990. The van der Waals surface area contributed by atoms with Crippen molar-refractivity contribution in [2.24, 2.45) is 11.8 Å². The molecule has 0 saturated carbocycles. The van der Waals surface area contributed by atoms with E-state index in [0.29, 0.717) is 45.1 Å². The molecule has 0 aromatic heterocycles. The van der Waals surface area contributed by atoms with E-state index in [-0.39, 0.29) is 120 Å². The van der Waals surface area contributed by atoms with Crippen LogP contribution in [-0.2, 0) is 70.1 Å². The van der Waals surface area contributed by atoms with Crippen molar-refractivity contribution in [1.82, 2.24) is 15.1 Å².